The summed E-state index contributed by atoms with van der Waals surface area (Å²) in [6.45, 7) is 7.53. The Kier molecular flexibility index (Phi) is 4.46. The molecule has 0 bridgehead atoms. The van der Waals surface area contributed by atoms with Crippen molar-refractivity contribution >= 4 is 21.6 Å². The van der Waals surface area contributed by atoms with Crippen LogP contribution >= 0.6 is 15.9 Å². The summed E-state index contributed by atoms with van der Waals surface area (Å²) >= 11 is 3.12. The molecule has 2 unspecified atom stereocenters. The largest absolute Gasteiger partial charge is 0.361 e. The molecule has 1 aliphatic heterocycles. The summed E-state index contributed by atoms with van der Waals surface area (Å²) in [5, 5.41) is 3.37. The maximum absolute atomic E-state index is 14.1. The fourth-order valence-corrected chi connectivity index (χ4v) is 2.99. The van der Waals surface area contributed by atoms with Crippen molar-refractivity contribution in [1.29, 1.82) is 0 Å². The van der Waals surface area contributed by atoms with E-state index in [0.29, 0.717) is 16.9 Å². The average molecular weight is 333 g/mol. The predicted molar refractivity (Wildman–Crippen MR) is 77.5 cm³/mol. The molecule has 19 heavy (non-hydrogen) atoms. The Labute approximate surface area is 121 Å². The molecule has 0 amide bonds. The minimum atomic E-state index is -0.508. The van der Waals surface area contributed by atoms with Crippen LogP contribution in [0.4, 0.5) is 14.5 Å². The Morgan fingerprint density at radius 1 is 1.32 bits per heavy atom. The van der Waals surface area contributed by atoms with Crippen molar-refractivity contribution in [1.82, 2.24) is 5.32 Å². The van der Waals surface area contributed by atoms with E-state index in [4.69, 9.17) is 0 Å². The molecule has 0 radical (unpaired) electrons. The van der Waals surface area contributed by atoms with Crippen molar-refractivity contribution < 1.29 is 8.78 Å². The molecule has 1 fully saturated rings. The number of nitrogens with zero attached hydrogens (tertiary/aromatic N) is 1. The van der Waals surface area contributed by atoms with E-state index in [9.17, 15) is 8.78 Å². The molecule has 2 nitrogen and oxygen atoms in total. The molecule has 106 valence electrons. The maximum atomic E-state index is 14.1. The van der Waals surface area contributed by atoms with Crippen molar-refractivity contribution in [3.63, 3.8) is 0 Å². The standard InChI is InChI=1S/C14H19BrF2N2/c1-8(2)13-6-18-9(3)7-19(13)14-11(16)4-10(15)5-12(14)17/h4-5,8-9,13,18H,6-7H2,1-3H3. The van der Waals surface area contributed by atoms with Gasteiger partial charge in [-0.15, -0.1) is 0 Å². The van der Waals surface area contributed by atoms with Gasteiger partial charge in [-0.25, -0.2) is 8.78 Å². The Bertz CT molecular complexity index is 442. The second-order valence-electron chi connectivity index (χ2n) is 5.49. The molecule has 5 heteroatoms. The third kappa shape index (κ3) is 3.08. The van der Waals surface area contributed by atoms with E-state index in [1.54, 1.807) is 0 Å². The summed E-state index contributed by atoms with van der Waals surface area (Å²) < 4.78 is 28.7. The monoisotopic (exact) mass is 332 g/mol. The van der Waals surface area contributed by atoms with Gasteiger partial charge in [-0.2, -0.15) is 0 Å². The number of benzene rings is 1. The highest BCUT2D eigenvalue weighted by Gasteiger charge is 2.31. The van der Waals surface area contributed by atoms with Gasteiger partial charge in [0.2, 0.25) is 0 Å². The Balaban J connectivity index is 2.42. The highest BCUT2D eigenvalue weighted by atomic mass is 79.9. The fourth-order valence-electron chi connectivity index (χ4n) is 2.59. The first kappa shape index (κ1) is 14.7. The third-order valence-electron chi connectivity index (χ3n) is 3.58. The predicted octanol–water partition coefficient (Wildman–Crippen LogP) is 3.55. The number of nitrogens with one attached hydrogen (secondary N) is 1. The summed E-state index contributed by atoms with van der Waals surface area (Å²) in [7, 11) is 0. The zero-order valence-electron chi connectivity index (χ0n) is 11.4. The maximum Gasteiger partial charge on any atom is 0.150 e. The van der Waals surface area contributed by atoms with Gasteiger partial charge in [0, 0.05) is 29.6 Å². The number of anilines is 1. The van der Waals surface area contributed by atoms with Crippen molar-refractivity contribution in [3.8, 4) is 0 Å². The number of hydrogen-bond donors (Lipinski definition) is 1. The van der Waals surface area contributed by atoms with Crippen molar-refractivity contribution in [2.24, 2.45) is 5.92 Å². The molecule has 1 heterocycles. The smallest absolute Gasteiger partial charge is 0.150 e. The summed E-state index contributed by atoms with van der Waals surface area (Å²) in [5.74, 6) is -0.694. The molecular weight excluding hydrogens is 314 g/mol. The lowest BCUT2D eigenvalue weighted by atomic mass is 9.97. The van der Waals surface area contributed by atoms with Crippen molar-refractivity contribution in [2.75, 3.05) is 18.0 Å². The first-order valence-corrected chi connectivity index (χ1v) is 7.34. The lowest BCUT2D eigenvalue weighted by Crippen LogP contribution is -2.58. The van der Waals surface area contributed by atoms with Crippen molar-refractivity contribution in [3.05, 3.63) is 28.2 Å². The highest BCUT2D eigenvalue weighted by molar-refractivity contribution is 9.10. The zero-order valence-corrected chi connectivity index (χ0v) is 13.0. The van der Waals surface area contributed by atoms with E-state index >= 15 is 0 Å². The fraction of sp³-hybridized carbons (Fsp3) is 0.571. The van der Waals surface area contributed by atoms with Gasteiger partial charge in [0.15, 0.2) is 11.6 Å². The van der Waals surface area contributed by atoms with Gasteiger partial charge in [-0.1, -0.05) is 29.8 Å². The average Bonchev–Trinajstić information content (AvgIpc) is 2.27. The molecule has 2 rings (SSSR count). The molecule has 0 saturated carbocycles. The van der Waals surface area contributed by atoms with Crippen LogP contribution in [0, 0.1) is 17.6 Å². The Hall–Kier alpha value is -0.680. The van der Waals surface area contributed by atoms with Crippen LogP contribution < -0.4 is 10.2 Å². The minimum Gasteiger partial charge on any atom is -0.361 e. The highest BCUT2D eigenvalue weighted by Crippen LogP contribution is 2.31. The van der Waals surface area contributed by atoms with Crippen LogP contribution in [-0.4, -0.2) is 25.2 Å². The van der Waals surface area contributed by atoms with Gasteiger partial charge in [0.1, 0.15) is 5.69 Å². The molecule has 1 aromatic rings. The van der Waals surface area contributed by atoms with Gasteiger partial charge in [0.05, 0.1) is 0 Å². The number of piperazine rings is 1. The third-order valence-corrected chi connectivity index (χ3v) is 4.04. The lowest BCUT2D eigenvalue weighted by molar-refractivity contribution is 0.343. The van der Waals surface area contributed by atoms with Crippen LogP contribution in [0.1, 0.15) is 20.8 Å². The van der Waals surface area contributed by atoms with E-state index in [0.717, 1.165) is 6.54 Å². The van der Waals surface area contributed by atoms with Gasteiger partial charge in [-0.05, 0) is 25.0 Å². The number of rotatable bonds is 2. The summed E-state index contributed by atoms with van der Waals surface area (Å²) in [4.78, 5) is 1.86. The second kappa shape index (κ2) is 5.75. The first-order chi connectivity index (χ1) is 8.90. The van der Waals surface area contributed by atoms with Crippen LogP contribution in [0.3, 0.4) is 0 Å². The summed E-state index contributed by atoms with van der Waals surface area (Å²) in [6.07, 6.45) is 0. The van der Waals surface area contributed by atoms with Gasteiger partial charge < -0.3 is 10.2 Å². The van der Waals surface area contributed by atoms with Gasteiger partial charge in [0.25, 0.3) is 0 Å². The molecule has 1 aliphatic rings. The number of halogens is 3. The summed E-state index contributed by atoms with van der Waals surface area (Å²) in [6, 6.07) is 2.96. The molecule has 0 aliphatic carbocycles. The molecule has 2 atom stereocenters. The molecular formula is C14H19BrF2N2. The minimum absolute atomic E-state index is 0.0928. The normalized spacial score (nSPS) is 24.1. The summed E-state index contributed by atoms with van der Waals surface area (Å²) in [5.41, 5.74) is 0.0928. The lowest BCUT2D eigenvalue weighted by Gasteiger charge is -2.43. The Morgan fingerprint density at radius 3 is 2.42 bits per heavy atom. The molecule has 1 aromatic carbocycles. The Morgan fingerprint density at radius 2 is 1.89 bits per heavy atom. The van der Waals surface area contributed by atoms with Crippen LogP contribution in [0.2, 0.25) is 0 Å². The number of hydrogen-bond acceptors (Lipinski definition) is 2. The van der Waals surface area contributed by atoms with Crippen LogP contribution in [0.5, 0.6) is 0 Å². The van der Waals surface area contributed by atoms with E-state index in [1.807, 2.05) is 11.8 Å². The van der Waals surface area contributed by atoms with E-state index in [2.05, 4.69) is 35.1 Å². The van der Waals surface area contributed by atoms with Crippen LogP contribution in [0.25, 0.3) is 0 Å². The van der Waals surface area contributed by atoms with E-state index < -0.39 is 11.6 Å². The molecule has 0 spiro atoms. The molecule has 1 N–H and O–H groups in total. The van der Waals surface area contributed by atoms with Gasteiger partial charge >= 0.3 is 0 Å². The topological polar surface area (TPSA) is 15.3 Å². The van der Waals surface area contributed by atoms with E-state index in [-0.39, 0.29) is 17.8 Å². The SMILES string of the molecule is CC1CN(c2c(F)cc(Br)cc2F)C(C(C)C)CN1. The quantitative estimate of drug-likeness (QED) is 0.890. The molecule has 1 saturated heterocycles. The molecule has 0 aromatic heterocycles. The van der Waals surface area contributed by atoms with E-state index in [1.165, 1.54) is 12.1 Å². The van der Waals surface area contributed by atoms with Crippen LogP contribution in [-0.2, 0) is 0 Å². The van der Waals surface area contributed by atoms with Crippen LogP contribution in [0.15, 0.2) is 16.6 Å². The second-order valence-corrected chi connectivity index (χ2v) is 6.41. The zero-order chi connectivity index (χ0) is 14.2. The van der Waals surface area contributed by atoms with Crippen molar-refractivity contribution in [2.45, 2.75) is 32.9 Å². The van der Waals surface area contributed by atoms with Gasteiger partial charge in [-0.3, -0.25) is 0 Å². The first-order valence-electron chi connectivity index (χ1n) is 6.54.